The number of hydrogen-bond donors (Lipinski definition) is 4. The third-order valence-corrected chi connectivity index (χ3v) is 1.99. The van der Waals surface area contributed by atoms with Gasteiger partial charge in [0.1, 0.15) is 5.54 Å². The first kappa shape index (κ1) is 13.8. The molecule has 0 spiro atoms. The summed E-state index contributed by atoms with van der Waals surface area (Å²) in [6, 6.07) is 0. The fourth-order valence-electron chi connectivity index (χ4n) is 0.930. The van der Waals surface area contributed by atoms with Gasteiger partial charge in [-0.3, -0.25) is 4.79 Å². The minimum absolute atomic E-state index is 0.420. The van der Waals surface area contributed by atoms with E-state index in [0.717, 1.165) is 0 Å². The Balaban J connectivity index is 3.60. The molecule has 0 aliphatic rings. The van der Waals surface area contributed by atoms with Crippen molar-refractivity contribution >= 4 is 12.2 Å². The van der Waals surface area contributed by atoms with Gasteiger partial charge in [0.25, 0.3) is 0 Å². The van der Waals surface area contributed by atoms with Crippen LogP contribution in [0.5, 0.6) is 0 Å². The summed E-state index contributed by atoms with van der Waals surface area (Å²) < 4.78 is 0. The molecule has 0 radical (unpaired) electrons. The van der Waals surface area contributed by atoms with E-state index in [2.05, 4.69) is 5.32 Å². The van der Waals surface area contributed by atoms with E-state index >= 15 is 0 Å². The maximum Gasteiger partial charge on any atom is 0.323 e. The average Bonchev–Trinajstić information content (AvgIpc) is 2.16. The fraction of sp³-hybridized carbons (Fsp3) is 0.600. The standard InChI is InChI=1S/C10H19N3O2/c1-10(12,9(14)15)5-3-2-4-7-13-8-6-11/h2,4,6,11,13H,3,5,7-8,12H2,1H3,(H,14,15)/b4-2-,11-6?/t10-/m0/s1. The molecule has 0 aliphatic carbocycles. The van der Waals surface area contributed by atoms with E-state index in [1.807, 2.05) is 12.2 Å². The fourth-order valence-corrected chi connectivity index (χ4v) is 0.930. The largest absolute Gasteiger partial charge is 0.480 e. The van der Waals surface area contributed by atoms with Gasteiger partial charge in [-0.15, -0.1) is 0 Å². The molecule has 5 heteroatoms. The van der Waals surface area contributed by atoms with Crippen molar-refractivity contribution in [1.29, 1.82) is 5.41 Å². The Hall–Kier alpha value is -1.20. The van der Waals surface area contributed by atoms with Crippen LogP contribution in [0.2, 0.25) is 0 Å². The van der Waals surface area contributed by atoms with Crippen molar-refractivity contribution in [1.82, 2.24) is 5.32 Å². The van der Waals surface area contributed by atoms with Gasteiger partial charge in [0.15, 0.2) is 0 Å². The lowest BCUT2D eigenvalue weighted by Gasteiger charge is -2.17. The van der Waals surface area contributed by atoms with Crippen molar-refractivity contribution in [2.75, 3.05) is 13.1 Å². The van der Waals surface area contributed by atoms with Crippen LogP contribution in [0.4, 0.5) is 0 Å². The lowest BCUT2D eigenvalue weighted by molar-refractivity contribution is -0.142. The van der Waals surface area contributed by atoms with Crippen molar-refractivity contribution in [3.8, 4) is 0 Å². The molecule has 0 amide bonds. The summed E-state index contributed by atoms with van der Waals surface area (Å²) in [6.07, 6.45) is 6.15. The van der Waals surface area contributed by atoms with E-state index < -0.39 is 11.5 Å². The molecule has 5 N–H and O–H groups in total. The van der Waals surface area contributed by atoms with Crippen molar-refractivity contribution in [3.05, 3.63) is 12.2 Å². The SMILES string of the molecule is C[C@](N)(CC/C=C\CNCC=N)C(=O)O. The Bertz CT molecular complexity index is 237. The molecule has 86 valence electrons. The van der Waals surface area contributed by atoms with Crippen LogP contribution in [-0.4, -0.2) is 35.9 Å². The molecule has 0 bridgehead atoms. The number of allylic oxidation sites excluding steroid dienone is 1. The summed E-state index contributed by atoms with van der Waals surface area (Å²) in [5.41, 5.74) is 4.40. The van der Waals surface area contributed by atoms with Gasteiger partial charge >= 0.3 is 5.97 Å². The van der Waals surface area contributed by atoms with Crippen LogP contribution in [0, 0.1) is 5.41 Å². The van der Waals surface area contributed by atoms with Crippen LogP contribution in [-0.2, 0) is 4.79 Å². The first-order valence-electron chi connectivity index (χ1n) is 4.87. The quantitative estimate of drug-likeness (QED) is 0.266. The zero-order chi connectivity index (χ0) is 11.7. The summed E-state index contributed by atoms with van der Waals surface area (Å²) in [5.74, 6) is -0.974. The molecule has 0 aromatic heterocycles. The molecule has 0 aromatic carbocycles. The van der Waals surface area contributed by atoms with Gasteiger partial charge < -0.3 is 21.6 Å². The van der Waals surface area contributed by atoms with Gasteiger partial charge in [0.05, 0.1) is 0 Å². The molecule has 1 atom stereocenters. The summed E-state index contributed by atoms with van der Waals surface area (Å²) in [5, 5.41) is 18.5. The van der Waals surface area contributed by atoms with E-state index in [1.54, 1.807) is 0 Å². The number of rotatable bonds is 8. The van der Waals surface area contributed by atoms with Gasteiger partial charge in [0, 0.05) is 19.3 Å². The Morgan fingerprint density at radius 2 is 2.20 bits per heavy atom. The first-order chi connectivity index (χ1) is 7.00. The zero-order valence-electron chi connectivity index (χ0n) is 8.99. The van der Waals surface area contributed by atoms with E-state index in [4.69, 9.17) is 16.2 Å². The Labute approximate surface area is 89.9 Å². The normalized spacial score (nSPS) is 15.1. The first-order valence-corrected chi connectivity index (χ1v) is 4.87. The van der Waals surface area contributed by atoms with Gasteiger partial charge in [-0.05, 0) is 19.8 Å². The molecule has 0 aromatic rings. The molecule has 5 nitrogen and oxygen atoms in total. The molecular weight excluding hydrogens is 194 g/mol. The number of hydrogen-bond acceptors (Lipinski definition) is 4. The maximum atomic E-state index is 10.6. The van der Waals surface area contributed by atoms with Gasteiger partial charge in [0.2, 0.25) is 0 Å². The van der Waals surface area contributed by atoms with E-state index in [1.165, 1.54) is 13.1 Å². The highest BCUT2D eigenvalue weighted by Gasteiger charge is 2.26. The molecule has 15 heavy (non-hydrogen) atoms. The Morgan fingerprint density at radius 1 is 1.53 bits per heavy atom. The highest BCUT2D eigenvalue weighted by molar-refractivity contribution is 5.77. The highest BCUT2D eigenvalue weighted by Crippen LogP contribution is 2.08. The second-order valence-corrected chi connectivity index (χ2v) is 3.60. The third kappa shape index (κ3) is 6.82. The van der Waals surface area contributed by atoms with Crippen LogP contribution >= 0.6 is 0 Å². The van der Waals surface area contributed by atoms with Crippen LogP contribution < -0.4 is 11.1 Å². The minimum atomic E-state index is -1.15. The van der Waals surface area contributed by atoms with Crippen molar-refractivity contribution in [3.63, 3.8) is 0 Å². The van der Waals surface area contributed by atoms with Crippen molar-refractivity contribution < 1.29 is 9.90 Å². The topological polar surface area (TPSA) is 99.2 Å². The number of carbonyl (C=O) groups is 1. The highest BCUT2D eigenvalue weighted by atomic mass is 16.4. The molecular formula is C10H19N3O2. The van der Waals surface area contributed by atoms with Gasteiger partial charge in [-0.1, -0.05) is 12.2 Å². The monoisotopic (exact) mass is 213 g/mol. The summed E-state index contributed by atoms with van der Waals surface area (Å²) >= 11 is 0. The minimum Gasteiger partial charge on any atom is -0.480 e. The predicted molar refractivity (Wildman–Crippen MR) is 60.3 cm³/mol. The lowest BCUT2D eigenvalue weighted by Crippen LogP contribution is -2.44. The van der Waals surface area contributed by atoms with Gasteiger partial charge in [-0.2, -0.15) is 0 Å². The number of nitrogens with one attached hydrogen (secondary N) is 2. The Kier molecular flexibility index (Phi) is 6.57. The van der Waals surface area contributed by atoms with E-state index in [9.17, 15) is 4.79 Å². The molecule has 0 saturated heterocycles. The average molecular weight is 213 g/mol. The number of carboxylic acids is 1. The third-order valence-electron chi connectivity index (χ3n) is 1.99. The molecule has 0 saturated carbocycles. The maximum absolute atomic E-state index is 10.6. The Morgan fingerprint density at radius 3 is 2.73 bits per heavy atom. The molecule has 0 unspecified atom stereocenters. The summed E-state index contributed by atoms with van der Waals surface area (Å²) in [6.45, 7) is 2.74. The van der Waals surface area contributed by atoms with E-state index in [-0.39, 0.29) is 0 Å². The molecule has 0 rings (SSSR count). The van der Waals surface area contributed by atoms with Crippen molar-refractivity contribution in [2.24, 2.45) is 5.73 Å². The molecule has 0 aliphatic heterocycles. The zero-order valence-corrected chi connectivity index (χ0v) is 8.99. The van der Waals surface area contributed by atoms with Crippen LogP contribution in [0.3, 0.4) is 0 Å². The molecule has 0 fully saturated rings. The van der Waals surface area contributed by atoms with E-state index in [0.29, 0.717) is 25.9 Å². The lowest BCUT2D eigenvalue weighted by atomic mass is 9.97. The van der Waals surface area contributed by atoms with Crippen LogP contribution in [0.1, 0.15) is 19.8 Å². The van der Waals surface area contributed by atoms with Crippen molar-refractivity contribution in [2.45, 2.75) is 25.3 Å². The second-order valence-electron chi connectivity index (χ2n) is 3.60. The van der Waals surface area contributed by atoms with Gasteiger partial charge in [-0.25, -0.2) is 0 Å². The predicted octanol–water partition coefficient (Wildman–Crippen LogP) is 0.364. The number of nitrogens with two attached hydrogens (primary N) is 1. The van der Waals surface area contributed by atoms with Crippen LogP contribution in [0.25, 0.3) is 0 Å². The summed E-state index contributed by atoms with van der Waals surface area (Å²) in [4.78, 5) is 10.6. The smallest absolute Gasteiger partial charge is 0.323 e. The second kappa shape index (κ2) is 7.14. The number of carboxylic acid groups (broad SMARTS) is 1. The molecule has 0 heterocycles. The van der Waals surface area contributed by atoms with Crippen LogP contribution in [0.15, 0.2) is 12.2 Å². The summed E-state index contributed by atoms with van der Waals surface area (Å²) in [7, 11) is 0. The number of aliphatic carboxylic acids is 1.